The first kappa shape index (κ1) is 17.5. The van der Waals surface area contributed by atoms with E-state index in [0.717, 1.165) is 5.56 Å². The number of nitriles is 1. The van der Waals surface area contributed by atoms with Gasteiger partial charge in [-0.25, -0.2) is 0 Å². The average Bonchev–Trinajstić information content (AvgIpc) is 2.60. The maximum absolute atomic E-state index is 12.5. The van der Waals surface area contributed by atoms with Crippen LogP contribution in [-0.2, 0) is 16.1 Å². The average molecular weight is 326 g/mol. The molecule has 1 aliphatic heterocycles. The van der Waals surface area contributed by atoms with E-state index < -0.39 is 0 Å². The van der Waals surface area contributed by atoms with Gasteiger partial charge in [-0.15, -0.1) is 0 Å². The van der Waals surface area contributed by atoms with Gasteiger partial charge < -0.3 is 14.7 Å². The van der Waals surface area contributed by atoms with E-state index in [1.165, 1.54) is 6.92 Å². The Morgan fingerprint density at radius 2 is 1.75 bits per heavy atom. The van der Waals surface area contributed by atoms with Gasteiger partial charge in [-0.05, 0) is 5.56 Å². The number of piperazine rings is 1. The molecule has 0 spiro atoms. The zero-order valence-corrected chi connectivity index (χ0v) is 14.1. The molecule has 0 aromatic heterocycles. The molecule has 0 aliphatic carbocycles. The third-order valence-electron chi connectivity index (χ3n) is 3.99. The summed E-state index contributed by atoms with van der Waals surface area (Å²) < 4.78 is 0. The lowest BCUT2D eigenvalue weighted by molar-refractivity contribution is -0.136. The molecule has 24 heavy (non-hydrogen) atoms. The monoisotopic (exact) mass is 326 g/mol. The van der Waals surface area contributed by atoms with E-state index in [4.69, 9.17) is 0 Å². The van der Waals surface area contributed by atoms with Crippen molar-refractivity contribution in [2.24, 2.45) is 0 Å². The van der Waals surface area contributed by atoms with Crippen LogP contribution in [0.1, 0.15) is 12.5 Å². The molecule has 0 bridgehead atoms. The first-order valence-electron chi connectivity index (χ1n) is 7.92. The SMILES string of the molecule is CC(=O)N1CCN(C(=O)/C(C#N)=C\N(C)Cc2ccccc2)CC1. The number of carbonyl (C=O) groups excluding carboxylic acids is 2. The van der Waals surface area contributed by atoms with Crippen molar-refractivity contribution in [3.8, 4) is 6.07 Å². The van der Waals surface area contributed by atoms with Crippen molar-refractivity contribution in [2.75, 3.05) is 33.2 Å². The second-order valence-electron chi connectivity index (χ2n) is 5.85. The number of amides is 2. The van der Waals surface area contributed by atoms with Gasteiger partial charge in [-0.3, -0.25) is 9.59 Å². The normalized spacial score (nSPS) is 15.0. The zero-order valence-electron chi connectivity index (χ0n) is 14.1. The van der Waals surface area contributed by atoms with Crippen molar-refractivity contribution in [2.45, 2.75) is 13.5 Å². The molecule has 2 amide bonds. The molecule has 0 saturated carbocycles. The number of hydrogen-bond acceptors (Lipinski definition) is 4. The smallest absolute Gasteiger partial charge is 0.266 e. The summed E-state index contributed by atoms with van der Waals surface area (Å²) in [6.07, 6.45) is 1.59. The number of nitrogens with zero attached hydrogens (tertiary/aromatic N) is 4. The Morgan fingerprint density at radius 3 is 2.29 bits per heavy atom. The molecule has 6 heteroatoms. The van der Waals surface area contributed by atoms with Crippen molar-refractivity contribution in [3.63, 3.8) is 0 Å². The van der Waals surface area contributed by atoms with E-state index in [0.29, 0.717) is 32.7 Å². The number of carbonyl (C=O) groups is 2. The lowest BCUT2D eigenvalue weighted by Gasteiger charge is -2.34. The zero-order chi connectivity index (χ0) is 17.5. The van der Waals surface area contributed by atoms with E-state index in [2.05, 4.69) is 0 Å². The molecular formula is C18H22N4O2. The highest BCUT2D eigenvalue weighted by Gasteiger charge is 2.24. The number of rotatable bonds is 4. The van der Waals surface area contributed by atoms with E-state index in [1.54, 1.807) is 16.0 Å². The number of hydrogen-bond donors (Lipinski definition) is 0. The van der Waals surface area contributed by atoms with Gasteiger partial charge in [-0.2, -0.15) is 5.26 Å². The van der Waals surface area contributed by atoms with Crippen molar-refractivity contribution in [3.05, 3.63) is 47.7 Å². The van der Waals surface area contributed by atoms with E-state index in [-0.39, 0.29) is 17.4 Å². The fraction of sp³-hybridized carbons (Fsp3) is 0.389. The topological polar surface area (TPSA) is 67.6 Å². The van der Waals surface area contributed by atoms with E-state index in [9.17, 15) is 14.9 Å². The van der Waals surface area contributed by atoms with Crippen LogP contribution in [0.25, 0.3) is 0 Å². The molecular weight excluding hydrogens is 304 g/mol. The fourth-order valence-electron chi connectivity index (χ4n) is 2.66. The second kappa shape index (κ2) is 8.16. The van der Waals surface area contributed by atoms with Gasteiger partial charge in [0.15, 0.2) is 0 Å². The van der Waals surface area contributed by atoms with Crippen molar-refractivity contribution in [1.29, 1.82) is 5.26 Å². The number of benzene rings is 1. The third kappa shape index (κ3) is 4.59. The maximum Gasteiger partial charge on any atom is 0.266 e. The fourth-order valence-corrected chi connectivity index (χ4v) is 2.66. The van der Waals surface area contributed by atoms with Gasteiger partial charge in [0.2, 0.25) is 5.91 Å². The maximum atomic E-state index is 12.5. The lowest BCUT2D eigenvalue weighted by Crippen LogP contribution is -2.50. The molecule has 2 rings (SSSR count). The summed E-state index contributed by atoms with van der Waals surface area (Å²) in [6, 6.07) is 11.9. The minimum atomic E-state index is -0.277. The molecule has 0 unspecified atom stereocenters. The molecule has 0 N–H and O–H groups in total. The molecule has 1 fully saturated rings. The Hall–Kier alpha value is -2.81. The van der Waals surface area contributed by atoms with Gasteiger partial charge in [-0.1, -0.05) is 30.3 Å². The Bertz CT molecular complexity index is 655. The summed E-state index contributed by atoms with van der Waals surface area (Å²) in [5, 5.41) is 9.33. The molecule has 0 atom stereocenters. The van der Waals surface area contributed by atoms with Gasteiger partial charge in [0.05, 0.1) is 0 Å². The molecule has 1 saturated heterocycles. The van der Waals surface area contributed by atoms with Crippen LogP contribution in [0.2, 0.25) is 0 Å². The van der Waals surface area contributed by atoms with Crippen LogP contribution in [0, 0.1) is 11.3 Å². The van der Waals surface area contributed by atoms with Crippen LogP contribution in [-0.4, -0.2) is 59.7 Å². The highest BCUT2D eigenvalue weighted by molar-refractivity contribution is 5.97. The van der Waals surface area contributed by atoms with E-state index >= 15 is 0 Å². The summed E-state index contributed by atoms with van der Waals surface area (Å²) in [5.74, 6) is -0.263. The first-order valence-corrected chi connectivity index (χ1v) is 7.92. The van der Waals surface area contributed by atoms with Gasteiger partial charge >= 0.3 is 0 Å². The van der Waals surface area contributed by atoms with E-state index in [1.807, 2.05) is 48.3 Å². The quantitative estimate of drug-likeness (QED) is 0.616. The molecule has 1 heterocycles. The molecule has 0 radical (unpaired) electrons. The van der Waals surface area contributed by atoms with Crippen LogP contribution in [0.3, 0.4) is 0 Å². The van der Waals surface area contributed by atoms with Crippen LogP contribution in [0.4, 0.5) is 0 Å². The largest absolute Gasteiger partial charge is 0.375 e. The standard InChI is InChI=1S/C18H22N4O2/c1-15(23)21-8-10-22(11-9-21)18(24)17(12-19)14-20(2)13-16-6-4-3-5-7-16/h3-7,14H,8-11,13H2,1-2H3/b17-14-. The van der Waals surface area contributed by atoms with Crippen LogP contribution >= 0.6 is 0 Å². The second-order valence-corrected chi connectivity index (χ2v) is 5.85. The highest BCUT2D eigenvalue weighted by Crippen LogP contribution is 2.10. The Morgan fingerprint density at radius 1 is 1.17 bits per heavy atom. The summed E-state index contributed by atoms with van der Waals surface area (Å²) in [5.41, 5.74) is 1.22. The molecule has 1 aliphatic rings. The van der Waals surface area contributed by atoms with Gasteiger partial charge in [0, 0.05) is 52.9 Å². The first-order chi connectivity index (χ1) is 11.5. The van der Waals surface area contributed by atoms with Crippen molar-refractivity contribution < 1.29 is 9.59 Å². The molecule has 126 valence electrons. The molecule has 1 aromatic rings. The summed E-state index contributed by atoms with van der Waals surface area (Å²) in [4.78, 5) is 29.0. The Balaban J connectivity index is 1.98. The molecule has 1 aromatic carbocycles. The van der Waals surface area contributed by atoms with Gasteiger partial charge in [0.25, 0.3) is 5.91 Å². The van der Waals surface area contributed by atoms with Crippen molar-refractivity contribution in [1.82, 2.24) is 14.7 Å². The third-order valence-corrected chi connectivity index (χ3v) is 3.99. The predicted octanol–water partition coefficient (Wildman–Crippen LogP) is 1.22. The van der Waals surface area contributed by atoms with Crippen LogP contribution in [0.5, 0.6) is 0 Å². The Labute approximate surface area is 142 Å². The van der Waals surface area contributed by atoms with Crippen LogP contribution < -0.4 is 0 Å². The minimum Gasteiger partial charge on any atom is -0.375 e. The minimum absolute atomic E-state index is 0.0146. The van der Waals surface area contributed by atoms with Gasteiger partial charge in [0.1, 0.15) is 11.6 Å². The van der Waals surface area contributed by atoms with Crippen LogP contribution in [0.15, 0.2) is 42.1 Å². The predicted molar refractivity (Wildman–Crippen MR) is 90.4 cm³/mol. The molecule has 6 nitrogen and oxygen atoms in total. The lowest BCUT2D eigenvalue weighted by atomic mass is 10.2. The summed E-state index contributed by atoms with van der Waals surface area (Å²) >= 11 is 0. The summed E-state index contributed by atoms with van der Waals surface area (Å²) in [6.45, 7) is 4.09. The summed E-state index contributed by atoms with van der Waals surface area (Å²) in [7, 11) is 1.84. The highest BCUT2D eigenvalue weighted by atomic mass is 16.2. The van der Waals surface area contributed by atoms with Crippen molar-refractivity contribution >= 4 is 11.8 Å². The Kier molecular flexibility index (Phi) is 5.96.